The number of carbonyl (C=O) groups excluding carboxylic acids is 1. The third-order valence-electron chi connectivity index (χ3n) is 6.23. The molecular formula is C24H31N5O4. The Bertz CT molecular complexity index is 1120. The first-order chi connectivity index (χ1) is 15.9. The van der Waals surface area contributed by atoms with Crippen LogP contribution in [0.4, 0.5) is 4.79 Å². The highest BCUT2D eigenvalue weighted by atomic mass is 16.6. The van der Waals surface area contributed by atoms with Gasteiger partial charge in [-0.1, -0.05) is 17.3 Å². The van der Waals surface area contributed by atoms with Gasteiger partial charge in [-0.15, -0.1) is 0 Å². The van der Waals surface area contributed by atoms with Gasteiger partial charge in [0.25, 0.3) is 0 Å². The second-order valence-corrected chi connectivity index (χ2v) is 9.95. The molecule has 4 heterocycles. The number of ether oxygens (including phenoxy) is 2. The number of carbonyl (C=O) groups is 1. The van der Waals surface area contributed by atoms with E-state index in [0.29, 0.717) is 31.4 Å². The lowest BCUT2D eigenvalue weighted by atomic mass is 9.97. The van der Waals surface area contributed by atoms with Gasteiger partial charge in [0.15, 0.2) is 0 Å². The van der Waals surface area contributed by atoms with Crippen molar-refractivity contribution in [3.63, 3.8) is 0 Å². The predicted molar refractivity (Wildman–Crippen MR) is 122 cm³/mol. The number of nitrogens with zero attached hydrogens (tertiary/aromatic N) is 5. The standard InChI is InChI=1S/C24H31N5O4/c1-24(2,3)32-23(30)28-10-8-16(9-11-28)22-25-21(27-33-22)17-6-7-18-14-29(26-20(18)13-17)19-5-4-12-31-15-19/h6-7,13-14,16,19H,4-5,8-12,15H2,1-3H3. The first-order valence-corrected chi connectivity index (χ1v) is 11.7. The Hall–Kier alpha value is -2.94. The summed E-state index contributed by atoms with van der Waals surface area (Å²) < 4.78 is 18.7. The monoisotopic (exact) mass is 453 g/mol. The number of rotatable bonds is 3. The molecule has 9 nitrogen and oxygen atoms in total. The Labute approximate surface area is 193 Å². The second kappa shape index (κ2) is 8.78. The molecule has 5 rings (SSSR count). The van der Waals surface area contributed by atoms with Crippen molar-refractivity contribution in [2.75, 3.05) is 26.3 Å². The minimum absolute atomic E-state index is 0.138. The molecule has 1 amide bonds. The Morgan fingerprint density at radius 2 is 2.00 bits per heavy atom. The molecule has 0 spiro atoms. The van der Waals surface area contributed by atoms with E-state index < -0.39 is 5.60 Å². The summed E-state index contributed by atoms with van der Waals surface area (Å²) in [6.07, 6.45) is 5.51. The highest BCUT2D eigenvalue weighted by Gasteiger charge is 2.30. The minimum atomic E-state index is -0.490. The topological polar surface area (TPSA) is 95.5 Å². The van der Waals surface area contributed by atoms with Gasteiger partial charge < -0.3 is 18.9 Å². The summed E-state index contributed by atoms with van der Waals surface area (Å²) in [5.74, 6) is 1.33. The van der Waals surface area contributed by atoms with E-state index in [1.165, 1.54) is 0 Å². The quantitative estimate of drug-likeness (QED) is 0.574. The van der Waals surface area contributed by atoms with Crippen LogP contribution in [0.15, 0.2) is 28.9 Å². The maximum atomic E-state index is 12.3. The van der Waals surface area contributed by atoms with Crippen LogP contribution in [-0.2, 0) is 9.47 Å². The summed E-state index contributed by atoms with van der Waals surface area (Å²) in [6.45, 7) is 8.41. The summed E-state index contributed by atoms with van der Waals surface area (Å²) in [4.78, 5) is 18.7. The predicted octanol–water partition coefficient (Wildman–Crippen LogP) is 4.55. The van der Waals surface area contributed by atoms with Crippen LogP contribution in [0.25, 0.3) is 22.3 Å². The summed E-state index contributed by atoms with van der Waals surface area (Å²) in [5, 5.41) is 10.1. The maximum absolute atomic E-state index is 12.3. The second-order valence-electron chi connectivity index (χ2n) is 9.95. The Balaban J connectivity index is 1.25. The Kier molecular flexibility index (Phi) is 5.82. The zero-order valence-electron chi connectivity index (χ0n) is 19.5. The van der Waals surface area contributed by atoms with Crippen molar-refractivity contribution in [3.05, 3.63) is 30.3 Å². The van der Waals surface area contributed by atoms with E-state index in [2.05, 4.69) is 16.3 Å². The molecule has 9 heteroatoms. The fourth-order valence-corrected chi connectivity index (χ4v) is 4.45. The van der Waals surface area contributed by atoms with Gasteiger partial charge in [-0.2, -0.15) is 10.1 Å². The van der Waals surface area contributed by atoms with Crippen molar-refractivity contribution in [1.82, 2.24) is 24.8 Å². The van der Waals surface area contributed by atoms with Crippen LogP contribution in [0.3, 0.4) is 0 Å². The fourth-order valence-electron chi connectivity index (χ4n) is 4.45. The minimum Gasteiger partial charge on any atom is -0.444 e. The number of likely N-dealkylation sites (tertiary alicyclic amines) is 1. The average Bonchev–Trinajstić information content (AvgIpc) is 3.46. The van der Waals surface area contributed by atoms with Gasteiger partial charge in [0.2, 0.25) is 11.7 Å². The van der Waals surface area contributed by atoms with Gasteiger partial charge in [-0.25, -0.2) is 4.79 Å². The summed E-state index contributed by atoms with van der Waals surface area (Å²) >= 11 is 0. The molecule has 1 aromatic carbocycles. The van der Waals surface area contributed by atoms with E-state index in [4.69, 9.17) is 19.1 Å². The fraction of sp³-hybridized carbons (Fsp3) is 0.583. The highest BCUT2D eigenvalue weighted by molar-refractivity contribution is 5.82. The molecule has 0 radical (unpaired) electrons. The van der Waals surface area contributed by atoms with Crippen LogP contribution >= 0.6 is 0 Å². The van der Waals surface area contributed by atoms with Crippen LogP contribution in [-0.4, -0.2) is 62.8 Å². The average molecular weight is 454 g/mol. The zero-order chi connectivity index (χ0) is 23.0. The maximum Gasteiger partial charge on any atom is 0.410 e. The summed E-state index contributed by atoms with van der Waals surface area (Å²) in [6, 6.07) is 6.35. The molecule has 1 unspecified atom stereocenters. The number of benzene rings is 1. The van der Waals surface area contributed by atoms with E-state index in [-0.39, 0.29) is 18.1 Å². The van der Waals surface area contributed by atoms with E-state index in [1.54, 1.807) is 4.90 Å². The van der Waals surface area contributed by atoms with E-state index in [9.17, 15) is 4.79 Å². The first kappa shape index (κ1) is 21.9. The van der Waals surface area contributed by atoms with Gasteiger partial charge in [0.1, 0.15) is 5.60 Å². The summed E-state index contributed by atoms with van der Waals surface area (Å²) in [7, 11) is 0. The number of piperidine rings is 1. The lowest BCUT2D eigenvalue weighted by molar-refractivity contribution is 0.0198. The van der Waals surface area contributed by atoms with Gasteiger partial charge >= 0.3 is 6.09 Å². The van der Waals surface area contributed by atoms with Crippen molar-refractivity contribution in [2.45, 2.75) is 64.0 Å². The molecular weight excluding hydrogens is 422 g/mol. The number of hydrogen-bond acceptors (Lipinski definition) is 7. The third-order valence-corrected chi connectivity index (χ3v) is 6.23. The molecule has 3 aromatic rings. The van der Waals surface area contributed by atoms with Crippen molar-refractivity contribution in [1.29, 1.82) is 0 Å². The van der Waals surface area contributed by atoms with E-state index in [1.807, 2.05) is 43.7 Å². The van der Waals surface area contributed by atoms with Crippen LogP contribution in [0, 0.1) is 0 Å². The van der Waals surface area contributed by atoms with Crippen LogP contribution in [0.2, 0.25) is 0 Å². The van der Waals surface area contributed by atoms with Crippen LogP contribution in [0.1, 0.15) is 64.3 Å². The molecule has 2 fully saturated rings. The van der Waals surface area contributed by atoms with Crippen LogP contribution in [0.5, 0.6) is 0 Å². The van der Waals surface area contributed by atoms with Crippen molar-refractivity contribution < 1.29 is 18.8 Å². The zero-order valence-corrected chi connectivity index (χ0v) is 19.5. The highest BCUT2D eigenvalue weighted by Crippen LogP contribution is 2.30. The molecule has 2 saturated heterocycles. The van der Waals surface area contributed by atoms with Crippen LogP contribution < -0.4 is 0 Å². The molecule has 0 aliphatic carbocycles. The lowest BCUT2D eigenvalue weighted by Crippen LogP contribution is -2.41. The number of amides is 1. The van der Waals surface area contributed by atoms with Gasteiger partial charge in [-0.3, -0.25) is 4.68 Å². The molecule has 0 N–H and O–H groups in total. The van der Waals surface area contributed by atoms with Gasteiger partial charge in [-0.05, 0) is 52.5 Å². The Morgan fingerprint density at radius 3 is 2.73 bits per heavy atom. The lowest BCUT2D eigenvalue weighted by Gasteiger charge is -2.32. The SMILES string of the molecule is CC(C)(C)OC(=O)N1CCC(c2nc(-c3ccc4cn(C5CCCOC5)nc4c3)no2)CC1. The third kappa shape index (κ3) is 4.88. The molecule has 1 atom stereocenters. The molecule has 0 bridgehead atoms. The van der Waals surface area contributed by atoms with E-state index >= 15 is 0 Å². The van der Waals surface area contributed by atoms with E-state index in [0.717, 1.165) is 48.8 Å². The van der Waals surface area contributed by atoms with Crippen molar-refractivity contribution in [3.8, 4) is 11.4 Å². The number of aromatic nitrogens is 4. The number of fused-ring (bicyclic) bond motifs is 1. The summed E-state index contributed by atoms with van der Waals surface area (Å²) in [5.41, 5.74) is 1.31. The van der Waals surface area contributed by atoms with Crippen molar-refractivity contribution in [2.24, 2.45) is 0 Å². The molecule has 2 aliphatic heterocycles. The van der Waals surface area contributed by atoms with Crippen molar-refractivity contribution >= 4 is 17.0 Å². The number of hydrogen-bond donors (Lipinski definition) is 0. The molecule has 33 heavy (non-hydrogen) atoms. The first-order valence-electron chi connectivity index (χ1n) is 11.7. The molecule has 176 valence electrons. The molecule has 2 aliphatic rings. The van der Waals surface area contributed by atoms with Gasteiger partial charge in [0, 0.05) is 42.8 Å². The molecule has 0 saturated carbocycles. The smallest absolute Gasteiger partial charge is 0.410 e. The largest absolute Gasteiger partial charge is 0.444 e. The Morgan fingerprint density at radius 1 is 1.18 bits per heavy atom. The molecule has 2 aromatic heterocycles. The normalized spacial score (nSPS) is 20.3. The van der Waals surface area contributed by atoms with Gasteiger partial charge in [0.05, 0.1) is 18.2 Å².